The van der Waals surface area contributed by atoms with Crippen molar-refractivity contribution in [1.82, 2.24) is 10.2 Å². The number of carbonyl (C=O) groups excluding carboxylic acids is 2. The van der Waals surface area contributed by atoms with Crippen molar-refractivity contribution >= 4 is 58.2 Å². The fraction of sp³-hybridized carbons (Fsp3) is 0.259. The van der Waals surface area contributed by atoms with Gasteiger partial charge >= 0.3 is 0 Å². The van der Waals surface area contributed by atoms with E-state index in [1.807, 2.05) is 44.2 Å². The SMILES string of the molecule is CC(C)NC(=O)[C@H](Cc1ccccc1)N(Cc1c(Cl)cccc1Cl)C(=O)Cc1ccc(Cl)cc1Cl. The van der Waals surface area contributed by atoms with Crippen molar-refractivity contribution in [3.05, 3.63) is 104 Å². The molecule has 0 fully saturated rings. The van der Waals surface area contributed by atoms with Crippen molar-refractivity contribution in [1.29, 1.82) is 0 Å². The second kappa shape index (κ2) is 12.6. The molecule has 0 bridgehead atoms. The lowest BCUT2D eigenvalue weighted by Gasteiger charge is -2.32. The fourth-order valence-electron chi connectivity index (χ4n) is 3.72. The maximum atomic E-state index is 13.8. The topological polar surface area (TPSA) is 49.4 Å². The molecule has 4 nitrogen and oxygen atoms in total. The molecule has 0 aliphatic carbocycles. The van der Waals surface area contributed by atoms with Gasteiger partial charge in [-0.25, -0.2) is 0 Å². The van der Waals surface area contributed by atoms with Crippen LogP contribution in [0.3, 0.4) is 0 Å². The van der Waals surface area contributed by atoms with E-state index < -0.39 is 6.04 Å². The monoisotopic (exact) mass is 550 g/mol. The van der Waals surface area contributed by atoms with Gasteiger partial charge < -0.3 is 10.2 Å². The Kier molecular flexibility index (Phi) is 9.88. The summed E-state index contributed by atoms with van der Waals surface area (Å²) in [4.78, 5) is 28.7. The van der Waals surface area contributed by atoms with E-state index in [4.69, 9.17) is 46.4 Å². The van der Waals surface area contributed by atoms with Gasteiger partial charge in [-0.2, -0.15) is 0 Å². The Morgan fingerprint density at radius 1 is 0.857 bits per heavy atom. The van der Waals surface area contributed by atoms with E-state index in [-0.39, 0.29) is 30.8 Å². The lowest BCUT2D eigenvalue weighted by Crippen LogP contribution is -2.52. The van der Waals surface area contributed by atoms with Gasteiger partial charge in [0.1, 0.15) is 6.04 Å². The van der Waals surface area contributed by atoms with Crippen LogP contribution >= 0.6 is 46.4 Å². The fourth-order valence-corrected chi connectivity index (χ4v) is 4.71. The Morgan fingerprint density at radius 2 is 1.51 bits per heavy atom. The van der Waals surface area contributed by atoms with Crippen molar-refractivity contribution in [2.24, 2.45) is 0 Å². The van der Waals surface area contributed by atoms with E-state index >= 15 is 0 Å². The van der Waals surface area contributed by atoms with Crippen LogP contribution in [0.4, 0.5) is 0 Å². The summed E-state index contributed by atoms with van der Waals surface area (Å²) in [5.41, 5.74) is 2.10. The highest BCUT2D eigenvalue weighted by Gasteiger charge is 2.32. The van der Waals surface area contributed by atoms with E-state index in [1.165, 1.54) is 4.90 Å². The van der Waals surface area contributed by atoms with Gasteiger partial charge in [0.05, 0.1) is 6.42 Å². The summed E-state index contributed by atoms with van der Waals surface area (Å²) in [6, 6.07) is 18.8. The molecular weight excluding hydrogens is 526 g/mol. The van der Waals surface area contributed by atoms with Gasteiger partial charge in [0.25, 0.3) is 0 Å². The third-order valence-corrected chi connectivity index (χ3v) is 6.74. The maximum absolute atomic E-state index is 13.8. The normalized spacial score (nSPS) is 11.9. The minimum absolute atomic E-state index is 0.0156. The van der Waals surface area contributed by atoms with E-state index in [2.05, 4.69) is 5.32 Å². The summed E-state index contributed by atoms with van der Waals surface area (Å²) in [6.45, 7) is 3.82. The lowest BCUT2D eigenvalue weighted by molar-refractivity contribution is -0.141. The largest absolute Gasteiger partial charge is 0.352 e. The van der Waals surface area contributed by atoms with E-state index in [9.17, 15) is 9.59 Å². The zero-order chi connectivity index (χ0) is 25.5. The number of hydrogen-bond donors (Lipinski definition) is 1. The second-order valence-corrected chi connectivity index (χ2v) is 10.2. The summed E-state index contributed by atoms with van der Waals surface area (Å²) in [6.07, 6.45) is 0.305. The van der Waals surface area contributed by atoms with Crippen LogP contribution in [0.2, 0.25) is 20.1 Å². The first kappa shape index (κ1) is 27.3. The van der Waals surface area contributed by atoms with Crippen LogP contribution in [0, 0.1) is 0 Å². The molecule has 1 N–H and O–H groups in total. The van der Waals surface area contributed by atoms with Gasteiger partial charge in [-0.15, -0.1) is 0 Å². The summed E-state index contributed by atoms with van der Waals surface area (Å²) < 4.78 is 0. The third kappa shape index (κ3) is 7.62. The number of nitrogens with zero attached hydrogens (tertiary/aromatic N) is 1. The molecule has 0 aliphatic heterocycles. The van der Waals surface area contributed by atoms with Crippen molar-refractivity contribution < 1.29 is 9.59 Å². The summed E-state index contributed by atoms with van der Waals surface area (Å²) in [7, 11) is 0. The number of nitrogens with one attached hydrogen (secondary N) is 1. The minimum atomic E-state index is -0.800. The first-order chi connectivity index (χ1) is 16.7. The maximum Gasteiger partial charge on any atom is 0.243 e. The van der Waals surface area contributed by atoms with Crippen molar-refractivity contribution in [2.75, 3.05) is 0 Å². The van der Waals surface area contributed by atoms with Crippen LogP contribution in [-0.2, 0) is 29.0 Å². The molecular formula is C27H26Cl4N2O2. The minimum Gasteiger partial charge on any atom is -0.352 e. The summed E-state index contributed by atoms with van der Waals surface area (Å²) >= 11 is 25.3. The van der Waals surface area contributed by atoms with Gasteiger partial charge in [-0.1, -0.05) is 88.9 Å². The molecule has 35 heavy (non-hydrogen) atoms. The zero-order valence-corrected chi connectivity index (χ0v) is 22.4. The van der Waals surface area contributed by atoms with Gasteiger partial charge in [0.15, 0.2) is 0 Å². The first-order valence-electron chi connectivity index (χ1n) is 11.2. The molecule has 0 saturated carbocycles. The van der Waals surface area contributed by atoms with Gasteiger partial charge in [-0.3, -0.25) is 9.59 Å². The molecule has 0 saturated heterocycles. The summed E-state index contributed by atoms with van der Waals surface area (Å²) in [5.74, 6) is -0.548. The number of halogens is 4. The van der Waals surface area contributed by atoms with Crippen molar-refractivity contribution in [3.63, 3.8) is 0 Å². The molecule has 0 heterocycles. The molecule has 1 atom stereocenters. The van der Waals surface area contributed by atoms with Gasteiger partial charge in [-0.05, 0) is 49.2 Å². The standard InChI is InChI=1S/C27H26Cl4N2O2/c1-17(2)32-27(35)25(13-18-7-4-3-5-8-18)33(16-21-22(29)9-6-10-23(21)30)26(34)14-19-11-12-20(28)15-24(19)31/h3-12,15,17,25H,13-14,16H2,1-2H3,(H,32,35)/t25-/m0/s1. The summed E-state index contributed by atoms with van der Waals surface area (Å²) in [5, 5.41) is 4.65. The molecule has 0 aromatic heterocycles. The van der Waals surface area contributed by atoms with E-state index in [0.717, 1.165) is 5.56 Å². The number of benzene rings is 3. The molecule has 3 aromatic carbocycles. The Balaban J connectivity index is 2.04. The quantitative estimate of drug-likeness (QED) is 0.311. The third-order valence-electron chi connectivity index (χ3n) is 5.45. The Morgan fingerprint density at radius 3 is 2.11 bits per heavy atom. The van der Waals surface area contributed by atoms with Gasteiger partial charge in [0, 0.05) is 44.7 Å². The highest BCUT2D eigenvalue weighted by molar-refractivity contribution is 6.36. The highest BCUT2D eigenvalue weighted by Crippen LogP contribution is 2.28. The van der Waals surface area contributed by atoms with Crippen LogP contribution in [0.5, 0.6) is 0 Å². The number of hydrogen-bond acceptors (Lipinski definition) is 2. The predicted octanol–water partition coefficient (Wildman–Crippen LogP) is 7.01. The molecule has 0 spiro atoms. The molecule has 2 amide bonds. The van der Waals surface area contributed by atoms with E-state index in [1.54, 1.807) is 36.4 Å². The van der Waals surface area contributed by atoms with Crippen LogP contribution in [-0.4, -0.2) is 28.8 Å². The average Bonchev–Trinajstić information content (AvgIpc) is 2.80. The Labute approximate surface area is 226 Å². The first-order valence-corrected chi connectivity index (χ1v) is 12.7. The van der Waals surface area contributed by atoms with Crippen molar-refractivity contribution in [2.45, 2.75) is 45.3 Å². The number of carbonyl (C=O) groups is 2. The van der Waals surface area contributed by atoms with Crippen LogP contribution in [0.1, 0.15) is 30.5 Å². The molecule has 3 rings (SSSR count). The Bertz CT molecular complexity index is 1160. The Hall–Kier alpha value is -2.24. The second-order valence-electron chi connectivity index (χ2n) is 8.50. The smallest absolute Gasteiger partial charge is 0.243 e. The molecule has 8 heteroatoms. The van der Waals surface area contributed by atoms with Crippen LogP contribution in [0.25, 0.3) is 0 Å². The van der Waals surface area contributed by atoms with Crippen LogP contribution < -0.4 is 5.32 Å². The molecule has 0 aliphatic rings. The van der Waals surface area contributed by atoms with Gasteiger partial charge in [0.2, 0.25) is 11.8 Å². The molecule has 3 aromatic rings. The predicted molar refractivity (Wildman–Crippen MR) is 144 cm³/mol. The van der Waals surface area contributed by atoms with Crippen molar-refractivity contribution in [3.8, 4) is 0 Å². The highest BCUT2D eigenvalue weighted by atomic mass is 35.5. The average molecular weight is 552 g/mol. The van der Waals surface area contributed by atoms with E-state index in [0.29, 0.717) is 37.6 Å². The zero-order valence-electron chi connectivity index (χ0n) is 19.4. The number of amides is 2. The molecule has 184 valence electrons. The molecule has 0 unspecified atom stereocenters. The molecule has 0 radical (unpaired) electrons. The van der Waals surface area contributed by atoms with Crippen LogP contribution in [0.15, 0.2) is 66.7 Å². The lowest BCUT2D eigenvalue weighted by atomic mass is 10.0. The number of rotatable bonds is 9.